The van der Waals surface area contributed by atoms with Gasteiger partial charge in [-0.2, -0.15) is 0 Å². The van der Waals surface area contributed by atoms with Crippen molar-refractivity contribution < 1.29 is 0 Å². The fourth-order valence-electron chi connectivity index (χ4n) is 3.34. The number of aryl methyl sites for hydroxylation is 1. The zero-order chi connectivity index (χ0) is 19.6. The van der Waals surface area contributed by atoms with Crippen molar-refractivity contribution in [3.8, 4) is 0 Å². The molecule has 0 amide bonds. The highest BCUT2D eigenvalue weighted by molar-refractivity contribution is 14.0. The maximum absolute atomic E-state index is 4.90. The van der Waals surface area contributed by atoms with Crippen molar-refractivity contribution in [2.45, 2.75) is 46.6 Å². The number of aliphatic imine (C=N–C) groups is 1. The number of piperazine rings is 1. The Labute approximate surface area is 192 Å². The Morgan fingerprint density at radius 3 is 2.50 bits per heavy atom. The molecule has 1 aromatic rings. The Bertz CT molecular complexity index is 569. The van der Waals surface area contributed by atoms with Crippen LogP contribution in [0.25, 0.3) is 0 Å². The standard InChI is InChI=1S/C20H38N6S.HI/c1-6-17-14-23-19(27-17)8-9-22-20(21-7-2)24-15-18(16(3)4)26-12-10-25(5)11-13-26;/h14,16,18H,6-13,15H2,1-5H3,(H2,21,22,24);1H. The molecule has 2 rings (SSSR count). The van der Waals surface area contributed by atoms with Gasteiger partial charge in [-0.05, 0) is 26.3 Å². The Balaban J connectivity index is 0.00000392. The molecule has 0 aliphatic carbocycles. The Morgan fingerprint density at radius 2 is 1.93 bits per heavy atom. The second-order valence-corrected chi connectivity index (χ2v) is 8.82. The molecule has 0 saturated carbocycles. The molecule has 28 heavy (non-hydrogen) atoms. The normalized spacial score (nSPS) is 17.4. The molecule has 1 aromatic heterocycles. The van der Waals surface area contributed by atoms with Crippen molar-refractivity contribution in [2.75, 3.05) is 52.9 Å². The molecule has 1 unspecified atom stereocenters. The number of halogens is 1. The Kier molecular flexibility index (Phi) is 12.5. The van der Waals surface area contributed by atoms with Gasteiger partial charge in [0.1, 0.15) is 0 Å². The predicted molar refractivity (Wildman–Crippen MR) is 132 cm³/mol. The monoisotopic (exact) mass is 522 g/mol. The number of nitrogens with zero attached hydrogens (tertiary/aromatic N) is 4. The summed E-state index contributed by atoms with van der Waals surface area (Å²) in [6.07, 6.45) is 4.02. The van der Waals surface area contributed by atoms with Crippen LogP contribution in [-0.2, 0) is 12.8 Å². The van der Waals surface area contributed by atoms with Gasteiger partial charge < -0.3 is 15.5 Å². The molecule has 1 saturated heterocycles. The lowest BCUT2D eigenvalue weighted by molar-refractivity contribution is 0.0925. The first-order valence-electron chi connectivity index (χ1n) is 10.4. The summed E-state index contributed by atoms with van der Waals surface area (Å²) in [5, 5.41) is 8.07. The van der Waals surface area contributed by atoms with E-state index in [-0.39, 0.29) is 24.0 Å². The summed E-state index contributed by atoms with van der Waals surface area (Å²) in [6.45, 7) is 16.1. The minimum absolute atomic E-state index is 0. The number of thiazole rings is 1. The molecule has 162 valence electrons. The molecule has 1 aliphatic heterocycles. The summed E-state index contributed by atoms with van der Waals surface area (Å²) in [5.41, 5.74) is 0. The molecule has 1 aliphatic rings. The van der Waals surface area contributed by atoms with Gasteiger partial charge in [-0.1, -0.05) is 20.8 Å². The summed E-state index contributed by atoms with van der Waals surface area (Å²) >= 11 is 1.82. The minimum Gasteiger partial charge on any atom is -0.357 e. The van der Waals surface area contributed by atoms with Crippen LogP contribution in [-0.4, -0.2) is 79.6 Å². The van der Waals surface area contributed by atoms with Gasteiger partial charge in [-0.25, -0.2) is 4.98 Å². The number of hydrogen-bond acceptors (Lipinski definition) is 5. The average Bonchev–Trinajstić information content (AvgIpc) is 3.11. The topological polar surface area (TPSA) is 55.8 Å². The van der Waals surface area contributed by atoms with Crippen molar-refractivity contribution in [2.24, 2.45) is 10.9 Å². The van der Waals surface area contributed by atoms with E-state index in [2.05, 4.69) is 60.2 Å². The largest absolute Gasteiger partial charge is 0.357 e. The molecular formula is C20H39IN6S. The number of rotatable bonds is 9. The molecule has 0 spiro atoms. The third kappa shape index (κ3) is 8.51. The third-order valence-electron chi connectivity index (χ3n) is 5.14. The SMILES string of the molecule is CCNC(=NCC(C(C)C)N1CCN(C)CC1)NCCc1ncc(CC)s1.I. The van der Waals surface area contributed by atoms with Gasteiger partial charge in [-0.3, -0.25) is 9.89 Å². The third-order valence-corrected chi connectivity index (χ3v) is 6.34. The van der Waals surface area contributed by atoms with Crippen LogP contribution in [0.2, 0.25) is 0 Å². The van der Waals surface area contributed by atoms with Crippen molar-refractivity contribution in [3.05, 3.63) is 16.1 Å². The summed E-state index contributed by atoms with van der Waals surface area (Å²) in [7, 11) is 2.21. The van der Waals surface area contributed by atoms with Crippen molar-refractivity contribution in [3.63, 3.8) is 0 Å². The fraction of sp³-hybridized carbons (Fsp3) is 0.800. The minimum atomic E-state index is 0. The lowest BCUT2D eigenvalue weighted by Crippen LogP contribution is -2.52. The average molecular weight is 523 g/mol. The van der Waals surface area contributed by atoms with Gasteiger partial charge in [0.15, 0.2) is 5.96 Å². The molecule has 1 atom stereocenters. The van der Waals surface area contributed by atoms with Crippen LogP contribution in [0, 0.1) is 5.92 Å². The van der Waals surface area contributed by atoms with Gasteiger partial charge in [-0.15, -0.1) is 35.3 Å². The molecule has 2 N–H and O–H groups in total. The van der Waals surface area contributed by atoms with E-state index in [4.69, 9.17) is 4.99 Å². The fourth-order valence-corrected chi connectivity index (χ4v) is 4.20. The smallest absolute Gasteiger partial charge is 0.191 e. The molecule has 1 fully saturated rings. The maximum atomic E-state index is 4.90. The summed E-state index contributed by atoms with van der Waals surface area (Å²) in [5.74, 6) is 1.52. The van der Waals surface area contributed by atoms with E-state index in [9.17, 15) is 0 Å². The second-order valence-electron chi connectivity index (χ2n) is 7.62. The van der Waals surface area contributed by atoms with Gasteiger partial charge >= 0.3 is 0 Å². The second kappa shape index (κ2) is 13.7. The predicted octanol–water partition coefficient (Wildman–Crippen LogP) is 2.69. The van der Waals surface area contributed by atoms with Crippen LogP contribution in [0.15, 0.2) is 11.2 Å². The number of hydrogen-bond donors (Lipinski definition) is 2. The van der Waals surface area contributed by atoms with Gasteiger partial charge in [0.25, 0.3) is 0 Å². The number of guanidine groups is 1. The Hall–Kier alpha value is -0.450. The van der Waals surface area contributed by atoms with E-state index in [1.54, 1.807) is 0 Å². The molecule has 0 aromatic carbocycles. The summed E-state index contributed by atoms with van der Waals surface area (Å²) in [4.78, 5) is 15.8. The van der Waals surface area contributed by atoms with Crippen molar-refractivity contribution in [1.29, 1.82) is 0 Å². The quantitative estimate of drug-likeness (QED) is 0.297. The zero-order valence-corrected chi connectivity index (χ0v) is 21.3. The maximum Gasteiger partial charge on any atom is 0.191 e. The van der Waals surface area contributed by atoms with E-state index < -0.39 is 0 Å². The van der Waals surface area contributed by atoms with Gasteiger partial charge in [0, 0.05) is 62.8 Å². The number of likely N-dealkylation sites (N-methyl/N-ethyl adjacent to an activating group) is 1. The van der Waals surface area contributed by atoms with Crippen LogP contribution in [0.4, 0.5) is 0 Å². The first-order valence-corrected chi connectivity index (χ1v) is 11.2. The number of nitrogens with one attached hydrogen (secondary N) is 2. The van der Waals surface area contributed by atoms with Crippen LogP contribution in [0.1, 0.15) is 37.6 Å². The van der Waals surface area contributed by atoms with Crippen molar-refractivity contribution >= 4 is 41.3 Å². The van der Waals surface area contributed by atoms with Crippen LogP contribution in [0.3, 0.4) is 0 Å². The molecule has 0 bridgehead atoms. The van der Waals surface area contributed by atoms with Crippen molar-refractivity contribution in [1.82, 2.24) is 25.4 Å². The lowest BCUT2D eigenvalue weighted by atomic mass is 10.0. The highest BCUT2D eigenvalue weighted by Gasteiger charge is 2.24. The highest BCUT2D eigenvalue weighted by Crippen LogP contribution is 2.14. The summed E-state index contributed by atoms with van der Waals surface area (Å²) in [6, 6.07) is 0.500. The van der Waals surface area contributed by atoms with Gasteiger partial charge in [0.05, 0.1) is 11.6 Å². The number of aromatic nitrogens is 1. The van der Waals surface area contributed by atoms with E-state index in [1.165, 1.54) is 9.88 Å². The van der Waals surface area contributed by atoms with Crippen LogP contribution >= 0.6 is 35.3 Å². The molecule has 0 radical (unpaired) electrons. The first kappa shape index (κ1) is 25.6. The Morgan fingerprint density at radius 1 is 1.21 bits per heavy atom. The van der Waals surface area contributed by atoms with E-state index >= 15 is 0 Å². The van der Waals surface area contributed by atoms with E-state index in [0.29, 0.717) is 12.0 Å². The van der Waals surface area contributed by atoms with E-state index in [1.807, 2.05) is 17.5 Å². The molecule has 6 nitrogen and oxygen atoms in total. The highest BCUT2D eigenvalue weighted by atomic mass is 127. The molecular weight excluding hydrogens is 483 g/mol. The lowest BCUT2D eigenvalue weighted by Gasteiger charge is -2.39. The van der Waals surface area contributed by atoms with E-state index in [0.717, 1.165) is 64.6 Å². The van der Waals surface area contributed by atoms with Crippen LogP contribution < -0.4 is 10.6 Å². The van der Waals surface area contributed by atoms with Gasteiger partial charge in [0.2, 0.25) is 0 Å². The molecule has 8 heteroatoms. The zero-order valence-electron chi connectivity index (χ0n) is 18.2. The van der Waals surface area contributed by atoms with Crippen LogP contribution in [0.5, 0.6) is 0 Å². The summed E-state index contributed by atoms with van der Waals surface area (Å²) < 4.78 is 0. The first-order chi connectivity index (χ1) is 13.0. The molecule has 2 heterocycles.